The zero-order valence-corrected chi connectivity index (χ0v) is 6.38. The average Bonchev–Trinajstić information content (AvgIpc) is 2.14. The summed E-state index contributed by atoms with van der Waals surface area (Å²) in [6, 6.07) is 0. The van der Waals surface area contributed by atoms with Crippen LogP contribution in [0.5, 0.6) is 0 Å². The lowest BCUT2D eigenvalue weighted by molar-refractivity contribution is -0.140. The van der Waals surface area contributed by atoms with Crippen molar-refractivity contribution in [3.05, 3.63) is 0 Å². The zero-order chi connectivity index (χ0) is 8.10. The normalized spacial score (nSPS) is 26.0. The molecule has 0 aromatic heterocycles. The molecule has 11 heavy (non-hydrogen) atoms. The van der Waals surface area contributed by atoms with Gasteiger partial charge in [-0.25, -0.2) is 0 Å². The highest BCUT2D eigenvalue weighted by molar-refractivity contribution is 5.67. The molecule has 1 aliphatic rings. The summed E-state index contributed by atoms with van der Waals surface area (Å²) in [5.41, 5.74) is 0. The maximum atomic E-state index is 10.3. The van der Waals surface area contributed by atoms with E-state index in [9.17, 15) is 4.79 Å². The van der Waals surface area contributed by atoms with Gasteiger partial charge in [0.2, 0.25) is 0 Å². The topological polar surface area (TPSA) is 58.6 Å². The number of rotatable bonds is 2. The minimum Gasteiger partial charge on any atom is -0.481 e. The summed E-state index contributed by atoms with van der Waals surface area (Å²) in [5.74, 6) is -0.781. The molecule has 1 heterocycles. The van der Waals surface area contributed by atoms with Gasteiger partial charge in [-0.1, -0.05) is 0 Å². The second-order valence-corrected chi connectivity index (χ2v) is 2.63. The standard InChI is InChI=1S/C7H13NO3/c9-7(10)5-6-1-2-8-3-4-11-6/h6,8H,1-5H2,(H,9,10). The molecule has 0 radical (unpaired) electrons. The minimum atomic E-state index is -0.781. The van der Waals surface area contributed by atoms with Crippen molar-refractivity contribution in [1.82, 2.24) is 5.32 Å². The van der Waals surface area contributed by atoms with Gasteiger partial charge in [0, 0.05) is 6.54 Å². The summed E-state index contributed by atoms with van der Waals surface area (Å²) in [5, 5.41) is 11.6. The van der Waals surface area contributed by atoms with Gasteiger partial charge in [-0.3, -0.25) is 4.79 Å². The molecule has 1 fully saturated rings. The highest BCUT2D eigenvalue weighted by Crippen LogP contribution is 2.05. The largest absolute Gasteiger partial charge is 0.481 e. The van der Waals surface area contributed by atoms with Crippen molar-refractivity contribution in [2.45, 2.75) is 18.9 Å². The Morgan fingerprint density at radius 1 is 1.64 bits per heavy atom. The van der Waals surface area contributed by atoms with Crippen LogP contribution < -0.4 is 5.32 Å². The summed E-state index contributed by atoms with van der Waals surface area (Å²) in [6.07, 6.45) is 0.830. The van der Waals surface area contributed by atoms with Crippen LogP contribution in [0.3, 0.4) is 0 Å². The number of carboxylic acids is 1. The molecule has 64 valence electrons. The van der Waals surface area contributed by atoms with E-state index in [1.54, 1.807) is 0 Å². The Hall–Kier alpha value is -0.610. The Balaban J connectivity index is 2.25. The van der Waals surface area contributed by atoms with Gasteiger partial charge in [0.1, 0.15) is 0 Å². The summed E-state index contributed by atoms with van der Waals surface area (Å²) in [4.78, 5) is 10.3. The molecule has 0 bridgehead atoms. The maximum absolute atomic E-state index is 10.3. The lowest BCUT2D eigenvalue weighted by Gasteiger charge is -2.10. The Bertz CT molecular complexity index is 130. The smallest absolute Gasteiger partial charge is 0.305 e. The van der Waals surface area contributed by atoms with Gasteiger partial charge < -0.3 is 15.2 Å². The molecule has 0 aromatic rings. The van der Waals surface area contributed by atoms with Gasteiger partial charge in [-0.05, 0) is 13.0 Å². The van der Waals surface area contributed by atoms with Crippen LogP contribution in [0.4, 0.5) is 0 Å². The van der Waals surface area contributed by atoms with Gasteiger partial charge in [0.05, 0.1) is 19.1 Å². The Kier molecular flexibility index (Phi) is 3.32. The van der Waals surface area contributed by atoms with E-state index in [0.29, 0.717) is 6.61 Å². The van der Waals surface area contributed by atoms with Crippen molar-refractivity contribution in [1.29, 1.82) is 0 Å². The predicted octanol–water partition coefficient (Wildman–Crippen LogP) is -0.160. The third-order valence-corrected chi connectivity index (χ3v) is 1.68. The van der Waals surface area contributed by atoms with Gasteiger partial charge in [-0.2, -0.15) is 0 Å². The van der Waals surface area contributed by atoms with E-state index in [0.717, 1.165) is 19.5 Å². The van der Waals surface area contributed by atoms with E-state index in [1.165, 1.54) is 0 Å². The minimum absolute atomic E-state index is 0.0949. The van der Waals surface area contributed by atoms with Crippen LogP contribution in [0, 0.1) is 0 Å². The van der Waals surface area contributed by atoms with Crippen molar-refractivity contribution in [3.63, 3.8) is 0 Å². The van der Waals surface area contributed by atoms with Crippen LogP contribution in [-0.2, 0) is 9.53 Å². The van der Waals surface area contributed by atoms with Crippen LogP contribution in [0.1, 0.15) is 12.8 Å². The Morgan fingerprint density at radius 3 is 3.18 bits per heavy atom. The van der Waals surface area contributed by atoms with Crippen LogP contribution >= 0.6 is 0 Å². The van der Waals surface area contributed by atoms with Crippen molar-refractivity contribution in [3.8, 4) is 0 Å². The lowest BCUT2D eigenvalue weighted by Crippen LogP contribution is -2.18. The summed E-state index contributed by atoms with van der Waals surface area (Å²) < 4.78 is 5.27. The number of aliphatic carboxylic acids is 1. The van der Waals surface area contributed by atoms with Crippen molar-refractivity contribution < 1.29 is 14.6 Å². The van der Waals surface area contributed by atoms with Gasteiger partial charge in [-0.15, -0.1) is 0 Å². The molecule has 4 heteroatoms. The van der Waals surface area contributed by atoms with Crippen LogP contribution in [0.15, 0.2) is 0 Å². The third kappa shape index (κ3) is 3.34. The maximum Gasteiger partial charge on any atom is 0.305 e. The molecule has 1 aliphatic heterocycles. The first-order valence-electron chi connectivity index (χ1n) is 3.83. The SMILES string of the molecule is O=C(O)CC1CCNCCO1. The fraction of sp³-hybridized carbons (Fsp3) is 0.857. The zero-order valence-electron chi connectivity index (χ0n) is 6.38. The molecule has 4 nitrogen and oxygen atoms in total. The molecular formula is C7H13NO3. The van der Waals surface area contributed by atoms with Crippen LogP contribution in [0.25, 0.3) is 0 Å². The number of hydrogen-bond donors (Lipinski definition) is 2. The van der Waals surface area contributed by atoms with E-state index in [2.05, 4.69) is 5.32 Å². The summed E-state index contributed by atoms with van der Waals surface area (Å²) >= 11 is 0. The summed E-state index contributed by atoms with van der Waals surface area (Å²) in [6.45, 7) is 2.31. The fourth-order valence-electron chi connectivity index (χ4n) is 1.12. The molecule has 1 unspecified atom stereocenters. The van der Waals surface area contributed by atoms with E-state index in [1.807, 2.05) is 0 Å². The highest BCUT2D eigenvalue weighted by Gasteiger charge is 2.14. The molecule has 1 atom stereocenters. The second-order valence-electron chi connectivity index (χ2n) is 2.63. The summed E-state index contributed by atoms with van der Waals surface area (Å²) in [7, 11) is 0. The van der Waals surface area contributed by atoms with Gasteiger partial charge in [0.15, 0.2) is 0 Å². The second kappa shape index (κ2) is 4.31. The van der Waals surface area contributed by atoms with Gasteiger partial charge in [0.25, 0.3) is 0 Å². The van der Waals surface area contributed by atoms with Crippen molar-refractivity contribution >= 4 is 5.97 Å². The molecule has 0 spiro atoms. The van der Waals surface area contributed by atoms with Crippen LogP contribution in [0.2, 0.25) is 0 Å². The first-order chi connectivity index (χ1) is 5.29. The van der Waals surface area contributed by atoms with E-state index in [4.69, 9.17) is 9.84 Å². The average molecular weight is 159 g/mol. The molecule has 0 aliphatic carbocycles. The number of carbonyl (C=O) groups is 1. The number of nitrogens with one attached hydrogen (secondary N) is 1. The van der Waals surface area contributed by atoms with E-state index in [-0.39, 0.29) is 12.5 Å². The monoisotopic (exact) mass is 159 g/mol. The predicted molar refractivity (Wildman–Crippen MR) is 39.5 cm³/mol. The lowest BCUT2D eigenvalue weighted by atomic mass is 10.2. The Morgan fingerprint density at radius 2 is 2.45 bits per heavy atom. The molecule has 0 amide bonds. The third-order valence-electron chi connectivity index (χ3n) is 1.68. The molecule has 2 N–H and O–H groups in total. The number of hydrogen-bond acceptors (Lipinski definition) is 3. The highest BCUT2D eigenvalue weighted by atomic mass is 16.5. The molecule has 1 saturated heterocycles. The van der Waals surface area contributed by atoms with Crippen LogP contribution in [-0.4, -0.2) is 36.9 Å². The first kappa shape index (κ1) is 8.49. The fourth-order valence-corrected chi connectivity index (χ4v) is 1.12. The molecule has 0 saturated carbocycles. The van der Waals surface area contributed by atoms with Crippen molar-refractivity contribution in [2.75, 3.05) is 19.7 Å². The molecular weight excluding hydrogens is 146 g/mol. The number of ether oxygens (including phenoxy) is 1. The number of carboxylic acid groups (broad SMARTS) is 1. The van der Waals surface area contributed by atoms with Crippen molar-refractivity contribution in [2.24, 2.45) is 0 Å². The van der Waals surface area contributed by atoms with E-state index >= 15 is 0 Å². The van der Waals surface area contributed by atoms with E-state index < -0.39 is 5.97 Å². The van der Waals surface area contributed by atoms with Gasteiger partial charge >= 0.3 is 5.97 Å². The quantitative estimate of drug-likeness (QED) is 0.587. The molecule has 1 rings (SSSR count). The molecule has 0 aromatic carbocycles. The Labute approximate surface area is 65.5 Å². The first-order valence-corrected chi connectivity index (χ1v) is 3.83.